The van der Waals surface area contributed by atoms with Crippen molar-refractivity contribution >= 4 is 18.0 Å². The molecule has 0 spiro atoms. The van der Waals surface area contributed by atoms with Crippen molar-refractivity contribution in [3.8, 4) is 0 Å². The van der Waals surface area contributed by atoms with Crippen LogP contribution in [0.15, 0.2) is 35.9 Å². The Balaban J connectivity index is 1.66. The molecular formula is C20H25NO3. The van der Waals surface area contributed by atoms with Gasteiger partial charge in [-0.3, -0.25) is 4.79 Å². The molecule has 1 aliphatic carbocycles. The number of benzene rings is 1. The van der Waals surface area contributed by atoms with E-state index in [-0.39, 0.29) is 17.9 Å². The van der Waals surface area contributed by atoms with Crippen molar-refractivity contribution in [2.75, 3.05) is 13.1 Å². The maximum atomic E-state index is 12.6. The zero-order chi connectivity index (χ0) is 16.9. The van der Waals surface area contributed by atoms with Crippen LogP contribution >= 0.6 is 0 Å². The molecule has 4 heteroatoms. The summed E-state index contributed by atoms with van der Waals surface area (Å²) in [4.78, 5) is 26.0. The number of likely N-dealkylation sites (tertiary alicyclic amines) is 1. The first kappa shape index (κ1) is 16.7. The van der Waals surface area contributed by atoms with Crippen molar-refractivity contribution in [1.29, 1.82) is 0 Å². The van der Waals surface area contributed by atoms with Gasteiger partial charge in [0, 0.05) is 18.7 Å². The molecule has 2 fully saturated rings. The fourth-order valence-electron chi connectivity index (χ4n) is 4.04. The molecule has 128 valence electrons. The first-order valence-corrected chi connectivity index (χ1v) is 8.90. The summed E-state index contributed by atoms with van der Waals surface area (Å²) in [5, 5.41) is 9.43. The van der Waals surface area contributed by atoms with Crippen molar-refractivity contribution in [3.05, 3.63) is 41.5 Å². The summed E-state index contributed by atoms with van der Waals surface area (Å²) in [6, 6.07) is 9.31. The summed E-state index contributed by atoms with van der Waals surface area (Å²) >= 11 is 0. The first-order chi connectivity index (χ1) is 11.6. The molecule has 1 heterocycles. The molecular weight excluding hydrogens is 302 g/mol. The van der Waals surface area contributed by atoms with Gasteiger partial charge in [-0.05, 0) is 36.3 Å². The van der Waals surface area contributed by atoms with Gasteiger partial charge in [0.25, 0.3) is 0 Å². The average Bonchev–Trinajstić information content (AvgIpc) is 2.61. The number of amides is 1. The Morgan fingerprint density at radius 2 is 1.79 bits per heavy atom. The number of hydrogen-bond acceptors (Lipinski definition) is 2. The second-order valence-electron chi connectivity index (χ2n) is 7.00. The SMILES string of the molecule is O=C(O)/C(=C\c1ccccc1)CC(=O)N1CCC2CCCCC2C1. The van der Waals surface area contributed by atoms with Gasteiger partial charge in [-0.2, -0.15) is 0 Å². The number of carboxylic acids is 1. The molecule has 0 aromatic heterocycles. The van der Waals surface area contributed by atoms with E-state index in [0.29, 0.717) is 5.92 Å². The summed E-state index contributed by atoms with van der Waals surface area (Å²) in [5.74, 6) is 0.313. The van der Waals surface area contributed by atoms with E-state index in [1.807, 2.05) is 35.2 Å². The normalized spacial score (nSPS) is 24.3. The third kappa shape index (κ3) is 4.05. The van der Waals surface area contributed by atoms with E-state index in [2.05, 4.69) is 0 Å². The summed E-state index contributed by atoms with van der Waals surface area (Å²) in [5.41, 5.74) is 0.977. The standard InChI is InChI=1S/C20H25NO3/c22-19(21-11-10-16-8-4-5-9-17(16)14-21)13-18(20(23)24)12-15-6-2-1-3-7-15/h1-3,6-7,12,16-17H,4-5,8-11,13-14H2,(H,23,24)/b18-12-. The Kier molecular flexibility index (Phi) is 5.34. The number of fused-ring (bicyclic) bond motifs is 1. The molecule has 4 nitrogen and oxygen atoms in total. The third-order valence-electron chi connectivity index (χ3n) is 5.40. The lowest BCUT2D eigenvalue weighted by Gasteiger charge is -2.41. The maximum Gasteiger partial charge on any atom is 0.332 e. The summed E-state index contributed by atoms with van der Waals surface area (Å²) in [6.07, 6.45) is 7.73. The van der Waals surface area contributed by atoms with Crippen LogP contribution < -0.4 is 0 Å². The van der Waals surface area contributed by atoms with Crippen LogP contribution in [0.3, 0.4) is 0 Å². The predicted molar refractivity (Wildman–Crippen MR) is 93.3 cm³/mol. The summed E-state index contributed by atoms with van der Waals surface area (Å²) < 4.78 is 0. The molecule has 24 heavy (non-hydrogen) atoms. The zero-order valence-electron chi connectivity index (χ0n) is 14.0. The van der Waals surface area contributed by atoms with Gasteiger partial charge in [0.15, 0.2) is 0 Å². The van der Waals surface area contributed by atoms with Crippen molar-refractivity contribution in [2.45, 2.75) is 38.5 Å². The molecule has 0 bridgehead atoms. The van der Waals surface area contributed by atoms with Gasteiger partial charge in [-0.1, -0.05) is 49.6 Å². The first-order valence-electron chi connectivity index (χ1n) is 8.90. The smallest absolute Gasteiger partial charge is 0.332 e. The number of carbonyl (C=O) groups excluding carboxylic acids is 1. The van der Waals surface area contributed by atoms with Crippen LogP contribution in [0.1, 0.15) is 44.1 Å². The van der Waals surface area contributed by atoms with Gasteiger partial charge in [-0.15, -0.1) is 0 Å². The minimum absolute atomic E-state index is 0.0262. The highest BCUT2D eigenvalue weighted by atomic mass is 16.4. The number of carbonyl (C=O) groups is 2. The van der Waals surface area contributed by atoms with Crippen LogP contribution in [-0.4, -0.2) is 35.0 Å². The highest BCUT2D eigenvalue weighted by Crippen LogP contribution is 2.36. The van der Waals surface area contributed by atoms with Crippen molar-refractivity contribution in [3.63, 3.8) is 0 Å². The quantitative estimate of drug-likeness (QED) is 0.860. The van der Waals surface area contributed by atoms with Crippen molar-refractivity contribution in [1.82, 2.24) is 4.90 Å². The van der Waals surface area contributed by atoms with E-state index in [0.717, 1.165) is 31.0 Å². The molecule has 1 saturated carbocycles. The highest BCUT2D eigenvalue weighted by Gasteiger charge is 2.33. The van der Waals surface area contributed by atoms with E-state index >= 15 is 0 Å². The van der Waals surface area contributed by atoms with Crippen LogP contribution in [-0.2, 0) is 9.59 Å². The fraction of sp³-hybridized carbons (Fsp3) is 0.500. The lowest BCUT2D eigenvalue weighted by Crippen LogP contribution is -2.45. The molecule has 2 unspecified atom stereocenters. The Morgan fingerprint density at radius 1 is 1.08 bits per heavy atom. The number of piperidine rings is 1. The van der Waals surface area contributed by atoms with Crippen molar-refractivity contribution in [2.24, 2.45) is 11.8 Å². The Labute approximate surface area is 143 Å². The lowest BCUT2D eigenvalue weighted by molar-refractivity contribution is -0.137. The average molecular weight is 327 g/mol. The lowest BCUT2D eigenvalue weighted by atomic mass is 9.75. The largest absolute Gasteiger partial charge is 0.478 e. The summed E-state index contributed by atoms with van der Waals surface area (Å²) in [6.45, 7) is 1.58. The topological polar surface area (TPSA) is 57.6 Å². The minimum atomic E-state index is -1.01. The Hall–Kier alpha value is -2.10. The minimum Gasteiger partial charge on any atom is -0.478 e. The summed E-state index contributed by atoms with van der Waals surface area (Å²) in [7, 11) is 0. The van der Waals surface area contributed by atoms with E-state index in [1.54, 1.807) is 6.08 Å². The fourth-order valence-corrected chi connectivity index (χ4v) is 4.04. The number of hydrogen-bond donors (Lipinski definition) is 1. The maximum absolute atomic E-state index is 12.6. The van der Waals surface area contributed by atoms with E-state index in [4.69, 9.17) is 0 Å². The van der Waals surface area contributed by atoms with Gasteiger partial charge >= 0.3 is 5.97 Å². The molecule has 1 aliphatic heterocycles. The Morgan fingerprint density at radius 3 is 2.50 bits per heavy atom. The number of nitrogens with zero attached hydrogens (tertiary/aromatic N) is 1. The molecule has 3 rings (SSSR count). The van der Waals surface area contributed by atoms with E-state index in [1.165, 1.54) is 25.7 Å². The second kappa shape index (κ2) is 7.65. The number of carboxylic acid groups (broad SMARTS) is 1. The van der Waals surface area contributed by atoms with Gasteiger partial charge in [0.05, 0.1) is 6.42 Å². The van der Waals surface area contributed by atoms with Gasteiger partial charge in [0.1, 0.15) is 0 Å². The van der Waals surface area contributed by atoms with Crippen LogP contribution in [0.2, 0.25) is 0 Å². The molecule has 1 amide bonds. The number of aliphatic carboxylic acids is 1. The predicted octanol–water partition coefficient (Wildman–Crippen LogP) is 3.58. The monoisotopic (exact) mass is 327 g/mol. The second-order valence-corrected chi connectivity index (χ2v) is 7.00. The Bertz CT molecular complexity index is 623. The van der Waals surface area contributed by atoms with E-state index in [9.17, 15) is 14.7 Å². The number of rotatable bonds is 4. The molecule has 2 aliphatic rings. The van der Waals surface area contributed by atoms with Crippen molar-refractivity contribution < 1.29 is 14.7 Å². The van der Waals surface area contributed by atoms with Crippen LogP contribution in [0, 0.1) is 11.8 Å². The molecule has 1 saturated heterocycles. The molecule has 1 aromatic rings. The van der Waals surface area contributed by atoms with Crippen LogP contribution in [0.4, 0.5) is 0 Å². The van der Waals surface area contributed by atoms with Gasteiger partial charge in [0.2, 0.25) is 5.91 Å². The zero-order valence-corrected chi connectivity index (χ0v) is 14.0. The van der Waals surface area contributed by atoms with Gasteiger partial charge in [-0.25, -0.2) is 4.79 Å². The molecule has 2 atom stereocenters. The third-order valence-corrected chi connectivity index (χ3v) is 5.40. The highest BCUT2D eigenvalue weighted by molar-refractivity contribution is 5.98. The molecule has 0 radical (unpaired) electrons. The van der Waals surface area contributed by atoms with Gasteiger partial charge < -0.3 is 10.0 Å². The molecule has 1 aromatic carbocycles. The van der Waals surface area contributed by atoms with Crippen LogP contribution in [0.5, 0.6) is 0 Å². The van der Waals surface area contributed by atoms with E-state index < -0.39 is 5.97 Å². The molecule has 1 N–H and O–H groups in total. The van der Waals surface area contributed by atoms with Crippen LogP contribution in [0.25, 0.3) is 6.08 Å².